The summed E-state index contributed by atoms with van der Waals surface area (Å²) < 4.78 is 16.0. The maximum Gasteiger partial charge on any atom is 0.122 e. The largest absolute Gasteiger partial charge is 0.493 e. The van der Waals surface area contributed by atoms with Crippen molar-refractivity contribution in [3.05, 3.63) is 29.3 Å². The van der Waals surface area contributed by atoms with Crippen LogP contribution in [-0.2, 0) is 9.47 Å². The minimum absolute atomic E-state index is 0.0573. The van der Waals surface area contributed by atoms with Gasteiger partial charge < -0.3 is 19.9 Å². The Labute approximate surface area is 115 Å². The van der Waals surface area contributed by atoms with Crippen LogP contribution in [0.3, 0.4) is 0 Å². The van der Waals surface area contributed by atoms with Crippen LogP contribution < -0.4 is 10.5 Å². The highest BCUT2D eigenvalue weighted by atomic mass is 16.5. The third-order valence-electron chi connectivity index (χ3n) is 2.85. The van der Waals surface area contributed by atoms with Crippen molar-refractivity contribution in [2.45, 2.75) is 26.3 Å². The fraction of sp³-hybridized carbons (Fsp3) is 0.600. The highest BCUT2D eigenvalue weighted by molar-refractivity contribution is 5.37. The first-order valence-corrected chi connectivity index (χ1v) is 6.70. The van der Waals surface area contributed by atoms with Gasteiger partial charge in [0.1, 0.15) is 5.75 Å². The van der Waals surface area contributed by atoms with E-state index in [0.717, 1.165) is 23.3 Å². The van der Waals surface area contributed by atoms with Crippen molar-refractivity contribution in [2.75, 3.05) is 33.5 Å². The molecule has 0 unspecified atom stereocenters. The van der Waals surface area contributed by atoms with Crippen molar-refractivity contribution >= 4 is 0 Å². The van der Waals surface area contributed by atoms with E-state index in [9.17, 15) is 0 Å². The third-order valence-corrected chi connectivity index (χ3v) is 2.85. The second kappa shape index (κ2) is 8.91. The van der Waals surface area contributed by atoms with Crippen LogP contribution >= 0.6 is 0 Å². The van der Waals surface area contributed by atoms with Gasteiger partial charge in [0.05, 0.1) is 19.8 Å². The van der Waals surface area contributed by atoms with Crippen LogP contribution in [0.15, 0.2) is 18.2 Å². The number of benzene rings is 1. The molecule has 0 aromatic heterocycles. The zero-order chi connectivity index (χ0) is 14.1. The summed E-state index contributed by atoms with van der Waals surface area (Å²) in [5.41, 5.74) is 8.10. The fourth-order valence-corrected chi connectivity index (χ4v) is 1.71. The molecular formula is C15H25NO3. The van der Waals surface area contributed by atoms with Gasteiger partial charge in [-0.25, -0.2) is 0 Å². The Balaban J connectivity index is 2.26. The maximum absolute atomic E-state index is 5.84. The second-order valence-corrected chi connectivity index (χ2v) is 4.62. The Morgan fingerprint density at radius 1 is 1.16 bits per heavy atom. The number of aryl methyl sites for hydroxylation is 1. The van der Waals surface area contributed by atoms with Gasteiger partial charge in [-0.05, 0) is 31.0 Å². The summed E-state index contributed by atoms with van der Waals surface area (Å²) >= 11 is 0. The molecule has 2 N–H and O–H groups in total. The highest BCUT2D eigenvalue weighted by Gasteiger charge is 2.04. The molecule has 0 saturated carbocycles. The van der Waals surface area contributed by atoms with E-state index in [1.807, 2.05) is 26.0 Å². The van der Waals surface area contributed by atoms with E-state index < -0.39 is 0 Å². The minimum Gasteiger partial charge on any atom is -0.493 e. The number of nitrogens with two attached hydrogens (primary N) is 1. The molecular weight excluding hydrogens is 242 g/mol. The van der Waals surface area contributed by atoms with E-state index in [4.69, 9.17) is 19.9 Å². The first kappa shape index (κ1) is 16.0. The summed E-state index contributed by atoms with van der Waals surface area (Å²) in [6, 6.07) is 6.14. The van der Waals surface area contributed by atoms with Crippen LogP contribution in [0.4, 0.5) is 0 Å². The molecule has 19 heavy (non-hydrogen) atoms. The molecule has 0 fully saturated rings. The monoisotopic (exact) mass is 267 g/mol. The normalized spacial score (nSPS) is 12.4. The fourth-order valence-electron chi connectivity index (χ4n) is 1.71. The molecule has 0 aliphatic carbocycles. The molecule has 0 amide bonds. The summed E-state index contributed by atoms with van der Waals surface area (Å²) in [4.78, 5) is 0. The molecule has 4 heteroatoms. The summed E-state index contributed by atoms with van der Waals surface area (Å²) in [5.74, 6) is 0.918. The van der Waals surface area contributed by atoms with Gasteiger partial charge in [-0.3, -0.25) is 0 Å². The maximum atomic E-state index is 5.84. The van der Waals surface area contributed by atoms with E-state index in [2.05, 4.69) is 6.07 Å². The lowest BCUT2D eigenvalue weighted by Gasteiger charge is -2.12. The first-order valence-electron chi connectivity index (χ1n) is 6.70. The molecule has 0 spiro atoms. The summed E-state index contributed by atoms with van der Waals surface area (Å²) in [5, 5.41) is 0. The number of hydrogen-bond acceptors (Lipinski definition) is 4. The van der Waals surface area contributed by atoms with Gasteiger partial charge in [-0.15, -0.1) is 0 Å². The second-order valence-electron chi connectivity index (χ2n) is 4.62. The molecule has 4 nitrogen and oxygen atoms in total. The van der Waals surface area contributed by atoms with Gasteiger partial charge in [-0.1, -0.05) is 12.1 Å². The molecule has 1 rings (SSSR count). The minimum atomic E-state index is 0.0573. The van der Waals surface area contributed by atoms with Crippen LogP contribution in [0.5, 0.6) is 5.75 Å². The zero-order valence-electron chi connectivity index (χ0n) is 12.1. The van der Waals surface area contributed by atoms with Crippen LogP contribution in [0.1, 0.15) is 30.5 Å². The topological polar surface area (TPSA) is 53.7 Å². The molecule has 1 aromatic carbocycles. The van der Waals surface area contributed by atoms with Gasteiger partial charge in [-0.2, -0.15) is 0 Å². The highest BCUT2D eigenvalue weighted by Crippen LogP contribution is 2.21. The average molecular weight is 267 g/mol. The predicted octanol–water partition coefficient (Wildman–Crippen LogP) is 2.45. The predicted molar refractivity (Wildman–Crippen MR) is 76.6 cm³/mol. The summed E-state index contributed by atoms with van der Waals surface area (Å²) in [7, 11) is 1.67. The van der Waals surface area contributed by atoms with Crippen molar-refractivity contribution in [1.29, 1.82) is 0 Å². The Bertz CT molecular complexity index is 366. The van der Waals surface area contributed by atoms with E-state index in [1.54, 1.807) is 7.11 Å². The Morgan fingerprint density at radius 2 is 1.95 bits per heavy atom. The van der Waals surface area contributed by atoms with Crippen molar-refractivity contribution in [3.63, 3.8) is 0 Å². The van der Waals surface area contributed by atoms with Gasteiger partial charge in [0.2, 0.25) is 0 Å². The first-order chi connectivity index (χ1) is 9.15. The average Bonchev–Trinajstić information content (AvgIpc) is 2.39. The summed E-state index contributed by atoms with van der Waals surface area (Å²) in [6.07, 6.45) is 0.873. The lowest BCUT2D eigenvalue weighted by molar-refractivity contribution is 0.0644. The molecule has 1 aromatic rings. The van der Waals surface area contributed by atoms with E-state index in [1.165, 1.54) is 0 Å². The van der Waals surface area contributed by atoms with Crippen LogP contribution in [0, 0.1) is 6.92 Å². The van der Waals surface area contributed by atoms with Gasteiger partial charge in [0, 0.05) is 26.2 Å². The smallest absolute Gasteiger partial charge is 0.122 e. The quantitative estimate of drug-likeness (QED) is 0.698. The SMILES string of the molecule is COCCOCCCOc1ccc([C@H](C)N)cc1C. The van der Waals surface area contributed by atoms with Gasteiger partial charge in [0.25, 0.3) is 0 Å². The molecule has 108 valence electrons. The zero-order valence-corrected chi connectivity index (χ0v) is 12.1. The van der Waals surface area contributed by atoms with E-state index >= 15 is 0 Å². The van der Waals surface area contributed by atoms with Crippen molar-refractivity contribution in [3.8, 4) is 5.75 Å². The lowest BCUT2D eigenvalue weighted by atomic mass is 10.1. The van der Waals surface area contributed by atoms with Crippen molar-refractivity contribution in [2.24, 2.45) is 5.73 Å². The lowest BCUT2D eigenvalue weighted by Crippen LogP contribution is -2.08. The van der Waals surface area contributed by atoms with Gasteiger partial charge in [0.15, 0.2) is 0 Å². The van der Waals surface area contributed by atoms with Gasteiger partial charge >= 0.3 is 0 Å². The molecule has 0 bridgehead atoms. The standard InChI is InChI=1S/C15H25NO3/c1-12-11-14(13(2)16)5-6-15(12)19-8-4-7-18-10-9-17-3/h5-6,11,13H,4,7-10,16H2,1-3H3/t13-/m0/s1. The molecule has 0 saturated heterocycles. The van der Waals surface area contributed by atoms with E-state index in [-0.39, 0.29) is 6.04 Å². The molecule has 0 heterocycles. The summed E-state index contributed by atoms with van der Waals surface area (Å²) in [6.45, 7) is 6.64. The Kier molecular flexibility index (Phi) is 7.48. The number of ether oxygens (including phenoxy) is 3. The number of rotatable bonds is 9. The van der Waals surface area contributed by atoms with Crippen LogP contribution in [0.2, 0.25) is 0 Å². The Hall–Kier alpha value is -1.10. The Morgan fingerprint density at radius 3 is 2.58 bits per heavy atom. The number of hydrogen-bond donors (Lipinski definition) is 1. The van der Waals surface area contributed by atoms with Crippen LogP contribution in [-0.4, -0.2) is 33.5 Å². The van der Waals surface area contributed by atoms with Crippen molar-refractivity contribution in [1.82, 2.24) is 0 Å². The molecule has 0 radical (unpaired) electrons. The molecule has 0 aliphatic rings. The van der Waals surface area contributed by atoms with E-state index in [0.29, 0.717) is 26.4 Å². The molecule has 1 atom stereocenters. The molecule has 0 aliphatic heterocycles. The van der Waals surface area contributed by atoms with Crippen molar-refractivity contribution < 1.29 is 14.2 Å². The number of methoxy groups -OCH3 is 1. The van der Waals surface area contributed by atoms with Crippen LogP contribution in [0.25, 0.3) is 0 Å². The third kappa shape index (κ3) is 6.05.